The molecular formula is C29H20Cl2N4O3S. The molecule has 1 amide bonds. The van der Waals surface area contributed by atoms with Crippen molar-refractivity contribution in [3.63, 3.8) is 0 Å². The number of fused-ring (bicyclic) bond motifs is 1. The first-order chi connectivity index (χ1) is 19.0. The molecule has 0 saturated heterocycles. The summed E-state index contributed by atoms with van der Waals surface area (Å²) in [6, 6.07) is 20.7. The molecule has 0 atom stereocenters. The van der Waals surface area contributed by atoms with Gasteiger partial charge in [0.15, 0.2) is 16.6 Å². The molecule has 7 nitrogen and oxygen atoms in total. The van der Waals surface area contributed by atoms with Crippen LogP contribution in [0.5, 0.6) is 11.5 Å². The number of carbonyl (C=O) groups is 1. The average Bonchev–Trinajstić information content (AvgIpc) is 3.61. The first-order valence-corrected chi connectivity index (χ1v) is 13.6. The molecule has 0 spiro atoms. The molecule has 0 bridgehead atoms. The van der Waals surface area contributed by atoms with E-state index in [0.29, 0.717) is 56.8 Å². The number of para-hydroxylation sites is 1. The van der Waals surface area contributed by atoms with Crippen molar-refractivity contribution in [1.29, 1.82) is 0 Å². The zero-order valence-corrected chi connectivity index (χ0v) is 22.6. The summed E-state index contributed by atoms with van der Waals surface area (Å²) in [5.41, 5.74) is 4.54. The van der Waals surface area contributed by atoms with Gasteiger partial charge in [-0.15, -0.1) is 11.3 Å². The number of aromatic nitrogens is 3. The quantitative estimate of drug-likeness (QED) is 0.214. The van der Waals surface area contributed by atoms with Crippen LogP contribution >= 0.6 is 34.5 Å². The SMILES string of the molecule is O=C(C=Cc1cn(-c2ccccc2)nc1-c1ccc2c(c1)OCCO2)Nc1nc(-c2cc(Cl)ccc2Cl)cs1. The number of nitrogens with one attached hydrogen (secondary N) is 1. The van der Waals surface area contributed by atoms with Crippen LogP contribution in [0, 0.1) is 0 Å². The fourth-order valence-electron chi connectivity index (χ4n) is 4.10. The summed E-state index contributed by atoms with van der Waals surface area (Å²) in [7, 11) is 0. The molecule has 1 aliphatic rings. The number of anilines is 1. The van der Waals surface area contributed by atoms with Crippen molar-refractivity contribution in [2.24, 2.45) is 0 Å². The summed E-state index contributed by atoms with van der Waals surface area (Å²) in [4.78, 5) is 17.3. The zero-order valence-electron chi connectivity index (χ0n) is 20.3. The van der Waals surface area contributed by atoms with E-state index in [1.807, 2.05) is 60.1 Å². The lowest BCUT2D eigenvalue weighted by molar-refractivity contribution is -0.111. The van der Waals surface area contributed by atoms with E-state index in [2.05, 4.69) is 10.3 Å². The molecule has 2 aromatic heterocycles. The van der Waals surface area contributed by atoms with Crippen LogP contribution in [0.15, 0.2) is 84.4 Å². The standard InChI is InChI=1S/C29H20Cl2N4O3S/c30-20-8-9-23(31)22(15-20)24-17-39-29(32-24)33-27(36)11-7-19-16-35(21-4-2-1-3-5-21)34-28(19)18-6-10-25-26(14-18)38-13-12-37-25/h1-11,14-17H,12-13H2,(H,32,33,36). The number of hydrogen-bond donors (Lipinski definition) is 1. The highest BCUT2D eigenvalue weighted by atomic mass is 35.5. The summed E-state index contributed by atoms with van der Waals surface area (Å²) >= 11 is 13.7. The molecule has 3 aromatic carbocycles. The van der Waals surface area contributed by atoms with Crippen LogP contribution in [0.4, 0.5) is 5.13 Å². The smallest absolute Gasteiger partial charge is 0.250 e. The maximum atomic E-state index is 12.8. The lowest BCUT2D eigenvalue weighted by Gasteiger charge is -2.18. The van der Waals surface area contributed by atoms with E-state index in [1.54, 1.807) is 29.0 Å². The minimum Gasteiger partial charge on any atom is -0.486 e. The topological polar surface area (TPSA) is 78.3 Å². The van der Waals surface area contributed by atoms with Gasteiger partial charge in [-0.1, -0.05) is 41.4 Å². The van der Waals surface area contributed by atoms with Gasteiger partial charge in [0.25, 0.3) is 0 Å². The van der Waals surface area contributed by atoms with E-state index in [1.165, 1.54) is 17.4 Å². The van der Waals surface area contributed by atoms with E-state index in [4.69, 9.17) is 37.8 Å². The Morgan fingerprint density at radius 1 is 1.00 bits per heavy atom. The van der Waals surface area contributed by atoms with Crippen LogP contribution in [0.2, 0.25) is 10.0 Å². The zero-order chi connectivity index (χ0) is 26.8. The van der Waals surface area contributed by atoms with Crippen LogP contribution in [0.25, 0.3) is 34.3 Å². The Kier molecular flexibility index (Phi) is 7.06. The van der Waals surface area contributed by atoms with Gasteiger partial charge in [-0.25, -0.2) is 9.67 Å². The van der Waals surface area contributed by atoms with E-state index in [-0.39, 0.29) is 5.91 Å². The molecule has 0 aliphatic carbocycles. The molecule has 3 heterocycles. The maximum absolute atomic E-state index is 12.8. The number of rotatable bonds is 6. The molecule has 1 N–H and O–H groups in total. The molecule has 39 heavy (non-hydrogen) atoms. The van der Waals surface area contributed by atoms with E-state index in [9.17, 15) is 4.79 Å². The van der Waals surface area contributed by atoms with Gasteiger partial charge >= 0.3 is 0 Å². The van der Waals surface area contributed by atoms with Crippen molar-refractivity contribution in [2.75, 3.05) is 18.5 Å². The summed E-state index contributed by atoms with van der Waals surface area (Å²) < 4.78 is 13.2. The third kappa shape index (κ3) is 5.54. The predicted octanol–water partition coefficient (Wildman–Crippen LogP) is 7.39. The molecule has 0 radical (unpaired) electrons. The summed E-state index contributed by atoms with van der Waals surface area (Å²) in [5.74, 6) is 1.04. The Morgan fingerprint density at radius 3 is 2.67 bits per heavy atom. The molecule has 0 fully saturated rings. The van der Waals surface area contributed by atoms with Crippen LogP contribution in [0.1, 0.15) is 5.56 Å². The Bertz CT molecular complexity index is 1700. The molecule has 5 aromatic rings. The van der Waals surface area contributed by atoms with Crippen LogP contribution in [-0.4, -0.2) is 33.9 Å². The largest absolute Gasteiger partial charge is 0.486 e. The van der Waals surface area contributed by atoms with Gasteiger partial charge in [0, 0.05) is 39.4 Å². The van der Waals surface area contributed by atoms with Crippen molar-refractivity contribution in [3.8, 4) is 39.7 Å². The van der Waals surface area contributed by atoms with Gasteiger partial charge < -0.3 is 9.47 Å². The number of benzene rings is 3. The Morgan fingerprint density at radius 2 is 1.82 bits per heavy atom. The number of thiazole rings is 1. The van der Waals surface area contributed by atoms with Crippen LogP contribution < -0.4 is 14.8 Å². The Hall–Kier alpha value is -4.11. The second-order valence-corrected chi connectivity index (χ2v) is 10.3. The molecule has 0 saturated carbocycles. The van der Waals surface area contributed by atoms with Gasteiger partial charge in [0.1, 0.15) is 18.9 Å². The minimum atomic E-state index is -0.325. The molecular weight excluding hydrogens is 555 g/mol. The highest BCUT2D eigenvalue weighted by molar-refractivity contribution is 7.14. The first kappa shape index (κ1) is 25.2. The number of nitrogens with zero attached hydrogens (tertiary/aromatic N) is 3. The van der Waals surface area contributed by atoms with Crippen LogP contribution in [-0.2, 0) is 4.79 Å². The Balaban J connectivity index is 1.27. The summed E-state index contributed by atoms with van der Waals surface area (Å²) in [5, 5.41) is 11.0. The lowest BCUT2D eigenvalue weighted by atomic mass is 10.1. The third-order valence-corrected chi connectivity index (χ3v) is 7.25. The second kappa shape index (κ2) is 10.9. The number of hydrogen-bond acceptors (Lipinski definition) is 6. The van der Waals surface area contributed by atoms with Crippen molar-refractivity contribution >= 4 is 51.7 Å². The number of halogens is 2. The number of amides is 1. The van der Waals surface area contributed by atoms with Gasteiger partial charge in [-0.2, -0.15) is 5.10 Å². The number of carbonyl (C=O) groups excluding carboxylic acids is 1. The van der Waals surface area contributed by atoms with Gasteiger partial charge in [-0.05, 0) is 54.6 Å². The molecule has 6 rings (SSSR count). The minimum absolute atomic E-state index is 0.325. The van der Waals surface area contributed by atoms with E-state index < -0.39 is 0 Å². The fraction of sp³-hybridized carbons (Fsp3) is 0.0690. The molecule has 10 heteroatoms. The fourth-order valence-corrected chi connectivity index (χ4v) is 5.20. The molecule has 194 valence electrons. The first-order valence-electron chi connectivity index (χ1n) is 12.0. The van der Waals surface area contributed by atoms with Crippen LogP contribution in [0.3, 0.4) is 0 Å². The van der Waals surface area contributed by atoms with Gasteiger partial charge in [0.2, 0.25) is 5.91 Å². The van der Waals surface area contributed by atoms with Gasteiger partial charge in [-0.3, -0.25) is 10.1 Å². The average molecular weight is 575 g/mol. The molecule has 0 unspecified atom stereocenters. The summed E-state index contributed by atoms with van der Waals surface area (Å²) in [6.07, 6.45) is 5.07. The highest BCUT2D eigenvalue weighted by Gasteiger charge is 2.17. The third-order valence-electron chi connectivity index (χ3n) is 5.93. The lowest BCUT2D eigenvalue weighted by Crippen LogP contribution is -2.15. The second-order valence-electron chi connectivity index (χ2n) is 8.56. The molecule has 1 aliphatic heterocycles. The van der Waals surface area contributed by atoms with Crippen molar-refractivity contribution in [1.82, 2.24) is 14.8 Å². The van der Waals surface area contributed by atoms with Crippen molar-refractivity contribution in [2.45, 2.75) is 0 Å². The maximum Gasteiger partial charge on any atom is 0.250 e. The summed E-state index contributed by atoms with van der Waals surface area (Å²) in [6.45, 7) is 1.01. The normalized spacial score (nSPS) is 12.6. The van der Waals surface area contributed by atoms with Crippen molar-refractivity contribution < 1.29 is 14.3 Å². The van der Waals surface area contributed by atoms with Crippen molar-refractivity contribution in [3.05, 3.63) is 100.0 Å². The monoisotopic (exact) mass is 574 g/mol. The van der Waals surface area contributed by atoms with Gasteiger partial charge in [0.05, 0.1) is 16.4 Å². The Labute approximate surface area is 238 Å². The highest BCUT2D eigenvalue weighted by Crippen LogP contribution is 2.36. The van der Waals surface area contributed by atoms with E-state index in [0.717, 1.165) is 16.8 Å². The predicted molar refractivity (Wildman–Crippen MR) is 155 cm³/mol. The van der Waals surface area contributed by atoms with E-state index >= 15 is 0 Å². The number of ether oxygens (including phenoxy) is 2.